The molecule has 0 radical (unpaired) electrons. The van der Waals surface area contributed by atoms with E-state index in [0.29, 0.717) is 5.56 Å². The molecule has 1 fully saturated rings. The third-order valence-electron chi connectivity index (χ3n) is 2.67. The lowest BCUT2D eigenvalue weighted by molar-refractivity contribution is -0.135. The summed E-state index contributed by atoms with van der Waals surface area (Å²) in [6, 6.07) is 6.97. The standard InChI is InChI=1S/C14H13N3O4S/c1-8-3-5-9(6-4-8)12(19)16-17-14-15-13(20)10(22-14)7-11(18)21-2/h3-7H,1-2H3,(H,16,19)(H,15,17,20). The molecule has 0 bridgehead atoms. The maximum absolute atomic E-state index is 11.9. The van der Waals surface area contributed by atoms with Crippen molar-refractivity contribution in [3.05, 3.63) is 46.4 Å². The predicted octanol–water partition coefficient (Wildman–Crippen LogP) is 0.916. The molecule has 2 N–H and O–H groups in total. The van der Waals surface area contributed by atoms with Crippen LogP contribution in [0.5, 0.6) is 0 Å². The first-order valence-corrected chi connectivity index (χ1v) is 7.05. The van der Waals surface area contributed by atoms with Gasteiger partial charge in [0, 0.05) is 11.6 Å². The van der Waals surface area contributed by atoms with E-state index in [1.165, 1.54) is 7.11 Å². The molecule has 0 spiro atoms. The van der Waals surface area contributed by atoms with Crippen LogP contribution in [0.25, 0.3) is 0 Å². The zero-order valence-electron chi connectivity index (χ0n) is 11.9. The molecule has 1 aliphatic rings. The average Bonchev–Trinajstić information content (AvgIpc) is 2.85. The molecule has 0 saturated carbocycles. The molecule has 0 aromatic heterocycles. The van der Waals surface area contributed by atoms with Crippen molar-refractivity contribution in [2.24, 2.45) is 5.10 Å². The maximum atomic E-state index is 11.9. The summed E-state index contributed by atoms with van der Waals surface area (Å²) < 4.78 is 4.44. The van der Waals surface area contributed by atoms with Crippen molar-refractivity contribution in [1.82, 2.24) is 10.7 Å². The van der Waals surface area contributed by atoms with Gasteiger partial charge in [0.05, 0.1) is 12.0 Å². The number of esters is 1. The Bertz CT molecular complexity index is 680. The summed E-state index contributed by atoms with van der Waals surface area (Å²) in [6.07, 6.45) is 1.06. The number of hydrazone groups is 1. The van der Waals surface area contributed by atoms with Crippen LogP contribution < -0.4 is 10.7 Å². The lowest BCUT2D eigenvalue weighted by atomic mass is 10.1. The van der Waals surface area contributed by atoms with E-state index < -0.39 is 17.8 Å². The molecule has 1 aromatic carbocycles. The maximum Gasteiger partial charge on any atom is 0.331 e. The fraction of sp³-hybridized carbons (Fsp3) is 0.143. The van der Waals surface area contributed by atoms with Crippen LogP contribution in [-0.4, -0.2) is 30.1 Å². The summed E-state index contributed by atoms with van der Waals surface area (Å²) in [4.78, 5) is 34.7. The van der Waals surface area contributed by atoms with Crippen molar-refractivity contribution in [3.63, 3.8) is 0 Å². The number of ether oxygens (including phenoxy) is 1. The molecule has 1 aromatic rings. The van der Waals surface area contributed by atoms with E-state index in [2.05, 4.69) is 20.6 Å². The summed E-state index contributed by atoms with van der Waals surface area (Å²) in [6.45, 7) is 1.92. The summed E-state index contributed by atoms with van der Waals surface area (Å²) in [5, 5.41) is 6.42. The number of nitrogens with one attached hydrogen (secondary N) is 2. The summed E-state index contributed by atoms with van der Waals surface area (Å²) >= 11 is 0.937. The number of nitrogens with zero attached hydrogens (tertiary/aromatic N) is 1. The molecule has 8 heteroatoms. The average molecular weight is 319 g/mol. The van der Waals surface area contributed by atoms with Gasteiger partial charge in [0.25, 0.3) is 11.8 Å². The lowest BCUT2D eigenvalue weighted by Crippen LogP contribution is -2.25. The Hall–Kier alpha value is -2.61. The number of benzene rings is 1. The SMILES string of the molecule is COC(=O)C=C1S/C(=N/NC(=O)c2ccc(C)cc2)NC1=O. The molecule has 1 saturated heterocycles. The number of aryl methyl sites for hydroxylation is 1. The first-order valence-electron chi connectivity index (χ1n) is 6.23. The van der Waals surface area contributed by atoms with Crippen molar-refractivity contribution in [2.45, 2.75) is 6.92 Å². The Kier molecular flexibility index (Phi) is 4.95. The van der Waals surface area contributed by atoms with Crippen LogP contribution in [0.2, 0.25) is 0 Å². The van der Waals surface area contributed by atoms with E-state index in [-0.39, 0.29) is 10.1 Å². The van der Waals surface area contributed by atoms with Crippen LogP contribution in [0.1, 0.15) is 15.9 Å². The molecular formula is C14H13N3O4S. The summed E-state index contributed by atoms with van der Waals surface area (Å²) in [5.41, 5.74) is 3.83. The number of rotatable bonds is 3. The quantitative estimate of drug-likeness (QED) is 0.490. The molecule has 114 valence electrons. The fourth-order valence-electron chi connectivity index (χ4n) is 1.52. The van der Waals surface area contributed by atoms with Gasteiger partial charge in [0.1, 0.15) is 0 Å². The zero-order chi connectivity index (χ0) is 16.1. The Balaban J connectivity index is 2.01. The number of hydrogen-bond acceptors (Lipinski definition) is 6. The molecule has 1 aliphatic heterocycles. The number of thioether (sulfide) groups is 1. The van der Waals surface area contributed by atoms with Crippen LogP contribution in [0.15, 0.2) is 40.3 Å². The number of amidine groups is 1. The highest BCUT2D eigenvalue weighted by molar-refractivity contribution is 8.18. The van der Waals surface area contributed by atoms with E-state index >= 15 is 0 Å². The molecule has 2 rings (SSSR count). The Labute approximate surface area is 130 Å². The number of carbonyl (C=O) groups excluding carboxylic acids is 3. The van der Waals surface area contributed by atoms with Crippen LogP contribution in [0.4, 0.5) is 0 Å². The van der Waals surface area contributed by atoms with E-state index in [1.54, 1.807) is 12.1 Å². The zero-order valence-corrected chi connectivity index (χ0v) is 12.7. The second-order valence-electron chi connectivity index (χ2n) is 4.31. The molecular weight excluding hydrogens is 306 g/mol. The molecule has 7 nitrogen and oxygen atoms in total. The van der Waals surface area contributed by atoms with Gasteiger partial charge in [0.2, 0.25) is 0 Å². The topological polar surface area (TPSA) is 96.9 Å². The largest absolute Gasteiger partial charge is 0.466 e. The summed E-state index contributed by atoms with van der Waals surface area (Å²) in [5.74, 6) is -1.51. The van der Waals surface area contributed by atoms with Gasteiger partial charge in [-0.25, -0.2) is 10.2 Å². The third kappa shape index (κ3) is 3.95. The minimum Gasteiger partial charge on any atom is -0.466 e. The van der Waals surface area contributed by atoms with Crippen LogP contribution in [0.3, 0.4) is 0 Å². The third-order valence-corrected chi connectivity index (χ3v) is 3.58. The number of carbonyl (C=O) groups is 3. The number of hydrogen-bond donors (Lipinski definition) is 2. The lowest BCUT2D eigenvalue weighted by Gasteiger charge is -2.01. The monoisotopic (exact) mass is 319 g/mol. The molecule has 0 atom stereocenters. The minimum absolute atomic E-state index is 0.148. The molecule has 2 amide bonds. The summed E-state index contributed by atoms with van der Waals surface area (Å²) in [7, 11) is 1.22. The van der Waals surface area contributed by atoms with E-state index in [9.17, 15) is 14.4 Å². The highest BCUT2D eigenvalue weighted by atomic mass is 32.2. The minimum atomic E-state index is -0.636. The number of amides is 2. The van der Waals surface area contributed by atoms with Crippen molar-refractivity contribution in [2.75, 3.05) is 7.11 Å². The highest BCUT2D eigenvalue weighted by Gasteiger charge is 2.25. The number of methoxy groups -OCH3 is 1. The normalized spacial score (nSPS) is 17.5. The van der Waals surface area contributed by atoms with Crippen molar-refractivity contribution < 1.29 is 19.1 Å². The first kappa shape index (κ1) is 15.8. The van der Waals surface area contributed by atoms with Gasteiger partial charge < -0.3 is 4.74 Å². The second kappa shape index (κ2) is 6.90. The van der Waals surface area contributed by atoms with Gasteiger partial charge >= 0.3 is 5.97 Å². The van der Waals surface area contributed by atoms with Gasteiger partial charge in [-0.1, -0.05) is 17.7 Å². The smallest absolute Gasteiger partial charge is 0.331 e. The van der Waals surface area contributed by atoms with E-state index in [4.69, 9.17) is 0 Å². The van der Waals surface area contributed by atoms with Crippen LogP contribution >= 0.6 is 11.8 Å². The van der Waals surface area contributed by atoms with Crippen molar-refractivity contribution in [3.8, 4) is 0 Å². The second-order valence-corrected chi connectivity index (χ2v) is 5.34. The van der Waals surface area contributed by atoms with Gasteiger partial charge in [0.15, 0.2) is 5.17 Å². The Morgan fingerprint density at radius 3 is 2.64 bits per heavy atom. The molecule has 0 aliphatic carbocycles. The Morgan fingerprint density at radius 1 is 1.32 bits per heavy atom. The van der Waals surface area contributed by atoms with Crippen LogP contribution in [-0.2, 0) is 14.3 Å². The van der Waals surface area contributed by atoms with Crippen molar-refractivity contribution in [1.29, 1.82) is 0 Å². The van der Waals surface area contributed by atoms with Gasteiger partial charge in [-0.05, 0) is 30.8 Å². The van der Waals surface area contributed by atoms with E-state index in [1.807, 2.05) is 19.1 Å². The Morgan fingerprint density at radius 2 is 2.00 bits per heavy atom. The van der Waals surface area contributed by atoms with Gasteiger partial charge in [-0.2, -0.15) is 0 Å². The van der Waals surface area contributed by atoms with Gasteiger partial charge in [-0.3, -0.25) is 14.9 Å². The van der Waals surface area contributed by atoms with Gasteiger partial charge in [-0.15, -0.1) is 5.10 Å². The fourth-order valence-corrected chi connectivity index (χ4v) is 2.26. The molecule has 1 heterocycles. The first-order chi connectivity index (χ1) is 10.5. The van der Waals surface area contributed by atoms with Crippen molar-refractivity contribution >= 4 is 34.7 Å². The highest BCUT2D eigenvalue weighted by Crippen LogP contribution is 2.23. The predicted molar refractivity (Wildman–Crippen MR) is 81.9 cm³/mol. The van der Waals surface area contributed by atoms with Crippen LogP contribution in [0, 0.1) is 6.92 Å². The molecule has 22 heavy (non-hydrogen) atoms. The molecule has 0 unspecified atom stereocenters. The van der Waals surface area contributed by atoms with E-state index in [0.717, 1.165) is 23.4 Å².